The molecule has 178 valence electrons. The molecule has 2 aromatic carbocycles. The molecule has 35 heavy (non-hydrogen) atoms. The summed E-state index contributed by atoms with van der Waals surface area (Å²) in [4.78, 5) is 31.3. The molecule has 0 radical (unpaired) electrons. The number of carbonyl (C=O) groups is 2. The predicted octanol–water partition coefficient (Wildman–Crippen LogP) is 4.89. The number of nitrogens with zero attached hydrogens (tertiary/aromatic N) is 3. The lowest BCUT2D eigenvalue weighted by molar-refractivity contribution is 0.0711. The number of hydrogen-bond donors (Lipinski definition) is 2. The maximum atomic E-state index is 13.4. The van der Waals surface area contributed by atoms with E-state index < -0.39 is 0 Å². The first-order valence-corrected chi connectivity index (χ1v) is 11.8. The van der Waals surface area contributed by atoms with E-state index >= 15 is 0 Å². The quantitative estimate of drug-likeness (QED) is 0.438. The Bertz CT molecular complexity index is 1370. The van der Waals surface area contributed by atoms with Crippen LogP contribution < -0.4 is 5.32 Å². The van der Waals surface area contributed by atoms with Crippen molar-refractivity contribution in [2.75, 3.05) is 11.9 Å². The lowest BCUT2D eigenvalue weighted by Gasteiger charge is -2.32. The predicted molar refractivity (Wildman–Crippen MR) is 136 cm³/mol. The van der Waals surface area contributed by atoms with Crippen molar-refractivity contribution in [2.24, 2.45) is 0 Å². The number of anilines is 1. The fourth-order valence-corrected chi connectivity index (χ4v) is 4.76. The molecular weight excluding hydrogens is 438 g/mol. The first-order chi connectivity index (χ1) is 16.9. The van der Waals surface area contributed by atoms with Crippen LogP contribution in [0.3, 0.4) is 0 Å². The molecule has 7 nitrogen and oxygen atoms in total. The lowest BCUT2D eigenvalue weighted by atomic mass is 9.95. The first kappa shape index (κ1) is 22.7. The summed E-state index contributed by atoms with van der Waals surface area (Å²) in [5, 5.41) is 7.79. The Morgan fingerprint density at radius 1 is 1.06 bits per heavy atom. The summed E-state index contributed by atoms with van der Waals surface area (Å²) in [5.74, 6) is -0.323. The Balaban J connectivity index is 1.52. The smallest absolute Gasteiger partial charge is 0.276 e. The van der Waals surface area contributed by atoms with Crippen LogP contribution in [0.5, 0.6) is 0 Å². The number of rotatable bonds is 5. The van der Waals surface area contributed by atoms with E-state index in [1.54, 1.807) is 17.2 Å². The van der Waals surface area contributed by atoms with Crippen molar-refractivity contribution in [3.63, 3.8) is 0 Å². The van der Waals surface area contributed by atoms with Gasteiger partial charge in [-0.05, 0) is 49.2 Å². The minimum absolute atomic E-state index is 0.0242. The molecule has 2 aromatic heterocycles. The third-order valence-corrected chi connectivity index (χ3v) is 6.46. The van der Waals surface area contributed by atoms with Crippen LogP contribution in [0.15, 0.2) is 66.9 Å². The van der Waals surface area contributed by atoms with Crippen molar-refractivity contribution in [2.45, 2.75) is 39.8 Å². The summed E-state index contributed by atoms with van der Waals surface area (Å²) < 4.78 is 1.94. The van der Waals surface area contributed by atoms with Gasteiger partial charge in [-0.1, -0.05) is 48.9 Å². The molecule has 5 rings (SSSR count). The number of carbonyl (C=O) groups excluding carboxylic acids is 2. The molecule has 0 saturated heterocycles. The third-order valence-electron chi connectivity index (χ3n) is 6.46. The molecule has 0 fully saturated rings. The number of amides is 2. The summed E-state index contributed by atoms with van der Waals surface area (Å²) in [7, 11) is 0. The van der Waals surface area contributed by atoms with E-state index in [2.05, 4.69) is 48.4 Å². The van der Waals surface area contributed by atoms with Crippen molar-refractivity contribution >= 4 is 17.5 Å². The van der Waals surface area contributed by atoms with Gasteiger partial charge in [-0.3, -0.25) is 14.3 Å². The fraction of sp³-hybridized carbons (Fsp3) is 0.250. The standard InChI is InChI=1S/C28H29N5O2/c1-18-9-11-21(12-10-18)16-33-26-20(3)15-32(28(35)24-8-5-13-29-24)17-23(26)25(31-33)27(34)30-22-7-4-6-19(2)14-22/h4-14,20,29H,15-17H2,1-3H3,(H,30,34). The summed E-state index contributed by atoms with van der Waals surface area (Å²) >= 11 is 0. The maximum absolute atomic E-state index is 13.4. The minimum atomic E-state index is -0.268. The Morgan fingerprint density at radius 2 is 1.86 bits per heavy atom. The van der Waals surface area contributed by atoms with E-state index in [0.29, 0.717) is 31.0 Å². The normalized spacial score (nSPS) is 15.1. The number of fused-ring (bicyclic) bond motifs is 1. The number of H-pyrrole nitrogens is 1. The van der Waals surface area contributed by atoms with Gasteiger partial charge >= 0.3 is 0 Å². The average molecular weight is 468 g/mol. The highest BCUT2D eigenvalue weighted by Gasteiger charge is 2.34. The van der Waals surface area contributed by atoms with Crippen molar-refractivity contribution in [3.8, 4) is 0 Å². The Labute approximate surface area is 204 Å². The maximum Gasteiger partial charge on any atom is 0.276 e. The van der Waals surface area contributed by atoms with Gasteiger partial charge < -0.3 is 15.2 Å². The van der Waals surface area contributed by atoms with E-state index in [1.807, 2.05) is 41.9 Å². The van der Waals surface area contributed by atoms with Crippen LogP contribution >= 0.6 is 0 Å². The van der Waals surface area contributed by atoms with Crippen LogP contribution in [-0.2, 0) is 13.1 Å². The van der Waals surface area contributed by atoms with Gasteiger partial charge in [0.15, 0.2) is 5.69 Å². The number of hydrogen-bond acceptors (Lipinski definition) is 3. The van der Waals surface area contributed by atoms with E-state index in [1.165, 1.54) is 5.56 Å². The molecule has 3 heterocycles. The summed E-state index contributed by atoms with van der Waals surface area (Å²) in [5.41, 5.74) is 6.82. The second-order valence-corrected chi connectivity index (χ2v) is 9.35. The number of benzene rings is 2. The molecule has 1 aliphatic heterocycles. The van der Waals surface area contributed by atoms with Crippen LogP contribution in [0.2, 0.25) is 0 Å². The largest absolute Gasteiger partial charge is 0.357 e. The molecule has 1 aliphatic rings. The van der Waals surface area contributed by atoms with Gasteiger partial charge in [-0.15, -0.1) is 0 Å². The molecule has 4 aromatic rings. The Hall–Kier alpha value is -4.13. The van der Waals surface area contributed by atoms with Crippen molar-refractivity contribution < 1.29 is 9.59 Å². The minimum Gasteiger partial charge on any atom is -0.357 e. The summed E-state index contributed by atoms with van der Waals surface area (Å²) in [6, 6.07) is 19.6. The molecule has 0 aliphatic carbocycles. The van der Waals surface area contributed by atoms with Gasteiger partial charge in [0.25, 0.3) is 11.8 Å². The van der Waals surface area contributed by atoms with Crippen LogP contribution in [0.4, 0.5) is 5.69 Å². The average Bonchev–Trinajstić information content (AvgIpc) is 3.49. The SMILES string of the molecule is Cc1ccc(Cn2nc(C(=O)Nc3cccc(C)c3)c3c2C(C)CN(C(=O)c2ccc[nH]2)C3)cc1. The number of aryl methyl sites for hydroxylation is 2. The van der Waals surface area contributed by atoms with Gasteiger partial charge in [0, 0.05) is 35.6 Å². The lowest BCUT2D eigenvalue weighted by Crippen LogP contribution is -2.38. The number of aromatic amines is 1. The van der Waals surface area contributed by atoms with Crippen LogP contribution in [0.25, 0.3) is 0 Å². The van der Waals surface area contributed by atoms with Crippen molar-refractivity contribution in [1.82, 2.24) is 19.7 Å². The zero-order valence-corrected chi connectivity index (χ0v) is 20.2. The number of nitrogens with one attached hydrogen (secondary N) is 2. The van der Waals surface area contributed by atoms with Crippen molar-refractivity contribution in [3.05, 3.63) is 106 Å². The zero-order valence-electron chi connectivity index (χ0n) is 20.2. The van der Waals surface area contributed by atoms with Crippen LogP contribution in [0, 0.1) is 13.8 Å². The second kappa shape index (κ2) is 9.25. The molecular formula is C28H29N5O2. The zero-order chi connectivity index (χ0) is 24.5. The van der Waals surface area contributed by atoms with E-state index in [-0.39, 0.29) is 17.7 Å². The molecule has 1 unspecified atom stereocenters. The Kier molecular flexibility index (Phi) is 5.99. The van der Waals surface area contributed by atoms with E-state index in [4.69, 9.17) is 5.10 Å². The third kappa shape index (κ3) is 4.62. The molecule has 0 bridgehead atoms. The van der Waals surface area contributed by atoms with Gasteiger partial charge in [0.1, 0.15) is 5.69 Å². The fourth-order valence-electron chi connectivity index (χ4n) is 4.76. The van der Waals surface area contributed by atoms with Crippen LogP contribution in [-0.4, -0.2) is 38.0 Å². The second-order valence-electron chi connectivity index (χ2n) is 9.35. The highest BCUT2D eigenvalue weighted by molar-refractivity contribution is 6.04. The molecule has 2 N–H and O–H groups in total. The monoisotopic (exact) mass is 467 g/mol. The topological polar surface area (TPSA) is 83.0 Å². The highest BCUT2D eigenvalue weighted by Crippen LogP contribution is 2.32. The van der Waals surface area contributed by atoms with Gasteiger partial charge in [-0.2, -0.15) is 5.10 Å². The Morgan fingerprint density at radius 3 is 2.57 bits per heavy atom. The molecule has 0 saturated carbocycles. The van der Waals surface area contributed by atoms with Gasteiger partial charge in [-0.25, -0.2) is 0 Å². The molecule has 0 spiro atoms. The summed E-state index contributed by atoms with van der Waals surface area (Å²) in [6.07, 6.45) is 1.74. The molecule has 2 amide bonds. The number of aromatic nitrogens is 3. The van der Waals surface area contributed by atoms with E-state index in [0.717, 1.165) is 28.1 Å². The van der Waals surface area contributed by atoms with E-state index in [9.17, 15) is 9.59 Å². The van der Waals surface area contributed by atoms with Crippen LogP contribution in [0.1, 0.15) is 61.8 Å². The highest BCUT2D eigenvalue weighted by atomic mass is 16.2. The molecule has 1 atom stereocenters. The first-order valence-electron chi connectivity index (χ1n) is 11.8. The van der Waals surface area contributed by atoms with Crippen molar-refractivity contribution in [1.29, 1.82) is 0 Å². The summed E-state index contributed by atoms with van der Waals surface area (Å²) in [6.45, 7) is 7.59. The van der Waals surface area contributed by atoms with Gasteiger partial charge in [0.2, 0.25) is 0 Å². The molecule has 7 heteroatoms. The van der Waals surface area contributed by atoms with Gasteiger partial charge in [0.05, 0.1) is 13.1 Å².